The Kier molecular flexibility index (Phi) is 7.52. The largest absolute Gasteiger partial charge is 0.436 e. The Hall–Kier alpha value is -4.50. The van der Waals surface area contributed by atoms with E-state index in [2.05, 4.69) is 9.97 Å². The predicted octanol–water partition coefficient (Wildman–Crippen LogP) is 9.76. The standard InChI is InChI=1S/C30H18F12N2O2/c1-11(2)25-43-21-19(15-7-5-13(27(31,32)33)9-17(15)29(37,38)39)24-22(44-26(46-24)12(3)4)20(23(21)45-25)16-8-6-14(28(34,35)36)10-18(16)30(40,41)42/h5-10H,1-4H3. The topological polar surface area (TPSA) is 52.1 Å². The van der Waals surface area contributed by atoms with Gasteiger partial charge in [0.2, 0.25) is 11.1 Å². The second kappa shape index (κ2) is 10.5. The summed E-state index contributed by atoms with van der Waals surface area (Å²) < 4.78 is 178. The van der Waals surface area contributed by atoms with Gasteiger partial charge in [0.05, 0.1) is 33.4 Å². The number of alkyl halides is 12. The molecule has 0 bridgehead atoms. The summed E-state index contributed by atoms with van der Waals surface area (Å²) in [5, 5.41) is 0. The summed E-state index contributed by atoms with van der Waals surface area (Å²) in [5.74, 6) is 0. The fraction of sp³-hybridized carbons (Fsp3) is 0.267. The van der Waals surface area contributed by atoms with Crippen LogP contribution in [0.5, 0.6) is 0 Å². The summed E-state index contributed by atoms with van der Waals surface area (Å²) in [4.78, 5) is 8.35. The van der Waals surface area contributed by atoms with E-state index in [0.717, 1.165) is 0 Å². The van der Waals surface area contributed by atoms with Crippen molar-refractivity contribution >= 4 is 33.3 Å². The Morgan fingerprint density at radius 3 is 1.09 bits per heavy atom. The predicted molar refractivity (Wildman–Crippen MR) is 141 cm³/mol. The third-order valence-corrected chi connectivity index (χ3v) is 6.88. The smallest absolute Gasteiger partial charge is 0.417 e. The lowest BCUT2D eigenvalue weighted by Gasteiger charge is -2.18. The van der Waals surface area contributed by atoms with Gasteiger partial charge < -0.3 is 8.83 Å². The maximum Gasteiger partial charge on any atom is 0.417 e. The Morgan fingerprint density at radius 2 is 0.826 bits per heavy atom. The van der Waals surface area contributed by atoms with Crippen molar-refractivity contribution < 1.29 is 61.5 Å². The van der Waals surface area contributed by atoms with E-state index in [-0.39, 0.29) is 34.4 Å². The molecule has 0 unspecified atom stereocenters. The van der Waals surface area contributed by atoms with Crippen LogP contribution in [0.2, 0.25) is 0 Å². The van der Waals surface area contributed by atoms with Crippen LogP contribution in [0.4, 0.5) is 52.7 Å². The monoisotopic (exact) mass is 666 g/mol. The molecule has 0 saturated carbocycles. The summed E-state index contributed by atoms with van der Waals surface area (Å²) >= 11 is 0. The highest BCUT2D eigenvalue weighted by Gasteiger charge is 2.42. The van der Waals surface area contributed by atoms with E-state index in [4.69, 9.17) is 8.83 Å². The molecule has 2 aromatic heterocycles. The van der Waals surface area contributed by atoms with Crippen molar-refractivity contribution in [1.82, 2.24) is 9.97 Å². The third kappa shape index (κ3) is 5.68. The van der Waals surface area contributed by atoms with Crippen LogP contribution in [0.3, 0.4) is 0 Å². The van der Waals surface area contributed by atoms with Crippen molar-refractivity contribution in [2.75, 3.05) is 0 Å². The first-order chi connectivity index (χ1) is 21.0. The molecular weight excluding hydrogens is 648 g/mol. The Morgan fingerprint density at radius 1 is 0.500 bits per heavy atom. The van der Waals surface area contributed by atoms with Gasteiger partial charge in [-0.2, -0.15) is 52.7 Å². The molecular formula is C30H18F12N2O2. The molecule has 0 fully saturated rings. The molecule has 5 rings (SSSR count). The van der Waals surface area contributed by atoms with E-state index in [9.17, 15) is 52.7 Å². The molecule has 46 heavy (non-hydrogen) atoms. The van der Waals surface area contributed by atoms with Crippen molar-refractivity contribution in [1.29, 1.82) is 0 Å². The molecule has 0 aliphatic carbocycles. The molecule has 0 radical (unpaired) electrons. The number of rotatable bonds is 2. The van der Waals surface area contributed by atoms with Gasteiger partial charge in [-0.05, 0) is 63.1 Å². The summed E-state index contributed by atoms with van der Waals surface area (Å²) in [6.07, 6.45) is -21.1. The molecule has 16 heteroatoms. The molecule has 5 aromatic rings. The van der Waals surface area contributed by atoms with Gasteiger partial charge >= 0.3 is 24.7 Å². The van der Waals surface area contributed by atoms with Crippen LogP contribution in [-0.4, -0.2) is 9.97 Å². The lowest BCUT2D eigenvalue weighted by Crippen LogP contribution is -2.13. The van der Waals surface area contributed by atoms with Gasteiger partial charge in [0.15, 0.2) is 11.2 Å². The lowest BCUT2D eigenvalue weighted by molar-refractivity contribution is -0.144. The highest BCUT2D eigenvalue weighted by atomic mass is 19.4. The molecule has 0 atom stereocenters. The van der Waals surface area contributed by atoms with Crippen molar-refractivity contribution in [2.24, 2.45) is 0 Å². The average molecular weight is 666 g/mol. The maximum absolute atomic E-state index is 14.3. The number of hydrogen-bond acceptors (Lipinski definition) is 4. The molecule has 0 aliphatic rings. The van der Waals surface area contributed by atoms with E-state index < -0.39 is 91.4 Å². The van der Waals surface area contributed by atoms with E-state index in [0.29, 0.717) is 24.3 Å². The molecule has 3 aromatic carbocycles. The molecule has 0 aliphatic heterocycles. The number of halogens is 12. The number of hydrogen-bond donors (Lipinski definition) is 0. The van der Waals surface area contributed by atoms with Crippen LogP contribution in [-0.2, 0) is 24.7 Å². The zero-order valence-electron chi connectivity index (χ0n) is 23.7. The minimum absolute atomic E-state index is 0.134. The third-order valence-electron chi connectivity index (χ3n) is 6.88. The average Bonchev–Trinajstić information content (AvgIpc) is 3.54. The number of aromatic nitrogens is 2. The lowest BCUT2D eigenvalue weighted by atomic mass is 9.90. The van der Waals surface area contributed by atoms with Gasteiger partial charge in [-0.15, -0.1) is 0 Å². The van der Waals surface area contributed by atoms with Crippen LogP contribution in [0.15, 0.2) is 45.2 Å². The highest BCUT2D eigenvalue weighted by molar-refractivity contribution is 6.16. The van der Waals surface area contributed by atoms with Crippen molar-refractivity contribution in [3.05, 3.63) is 69.7 Å². The second-order valence-electron chi connectivity index (χ2n) is 10.7. The minimum atomic E-state index is -5.39. The number of fused-ring (bicyclic) bond motifs is 2. The quantitative estimate of drug-likeness (QED) is 0.176. The fourth-order valence-electron chi connectivity index (χ4n) is 4.81. The molecule has 244 valence electrons. The van der Waals surface area contributed by atoms with Gasteiger partial charge in [-0.1, -0.05) is 12.1 Å². The van der Waals surface area contributed by atoms with E-state index in [1.807, 2.05) is 0 Å². The van der Waals surface area contributed by atoms with E-state index in [1.54, 1.807) is 0 Å². The highest BCUT2D eigenvalue weighted by Crippen LogP contribution is 2.49. The SMILES string of the molecule is CC(C)=c1nc2c(-c3ccc(C(F)(F)F)cc3C(F)(F)F)c3oc(=C(C)C)nc3c(-c3ccc(C(F)(F)F)cc3C(F)(F)F)c2o1. The Bertz CT molecular complexity index is 1920. The van der Waals surface area contributed by atoms with Crippen molar-refractivity contribution in [2.45, 2.75) is 52.4 Å². The zero-order chi connectivity index (χ0) is 34.3. The first-order valence-electron chi connectivity index (χ1n) is 13.0. The van der Waals surface area contributed by atoms with Crippen LogP contribution < -0.4 is 11.1 Å². The second-order valence-corrected chi connectivity index (χ2v) is 10.7. The van der Waals surface area contributed by atoms with E-state index >= 15 is 0 Å². The van der Waals surface area contributed by atoms with Crippen molar-refractivity contribution in [3.63, 3.8) is 0 Å². The van der Waals surface area contributed by atoms with Gasteiger partial charge in [0.25, 0.3) is 0 Å². The van der Waals surface area contributed by atoms with Gasteiger partial charge in [-0.3, -0.25) is 0 Å². The summed E-state index contributed by atoms with van der Waals surface area (Å²) in [6, 6.07) is 1.51. The molecule has 0 N–H and O–H groups in total. The molecule has 0 saturated heterocycles. The number of nitrogens with zero attached hydrogens (tertiary/aromatic N) is 2. The minimum Gasteiger partial charge on any atom is -0.436 e. The zero-order valence-corrected chi connectivity index (χ0v) is 23.7. The summed E-state index contributed by atoms with van der Waals surface area (Å²) in [6.45, 7) is 5.77. The Labute approximate surface area is 249 Å². The number of oxazole rings is 2. The summed E-state index contributed by atoms with van der Waals surface area (Å²) in [7, 11) is 0. The molecule has 4 nitrogen and oxygen atoms in total. The molecule has 2 heterocycles. The first kappa shape index (κ1) is 32.9. The van der Waals surface area contributed by atoms with E-state index in [1.165, 1.54) is 27.7 Å². The number of benzene rings is 3. The fourth-order valence-corrected chi connectivity index (χ4v) is 4.81. The first-order valence-corrected chi connectivity index (χ1v) is 13.0. The van der Waals surface area contributed by atoms with Crippen molar-refractivity contribution in [3.8, 4) is 22.3 Å². The molecule has 0 spiro atoms. The maximum atomic E-state index is 14.3. The Balaban J connectivity index is 2.07. The molecule has 0 amide bonds. The normalized spacial score (nSPS) is 13.2. The van der Waals surface area contributed by atoms with Crippen LogP contribution in [0, 0.1) is 0 Å². The van der Waals surface area contributed by atoms with Gasteiger partial charge in [-0.25, -0.2) is 9.97 Å². The van der Waals surface area contributed by atoms with Crippen LogP contribution in [0.1, 0.15) is 49.9 Å². The van der Waals surface area contributed by atoms with Gasteiger partial charge in [0.1, 0.15) is 11.0 Å². The summed E-state index contributed by atoms with van der Waals surface area (Å²) in [5.41, 5.74) is -12.2. The van der Waals surface area contributed by atoms with Gasteiger partial charge in [0, 0.05) is 11.1 Å². The van der Waals surface area contributed by atoms with Crippen LogP contribution >= 0.6 is 0 Å². The van der Waals surface area contributed by atoms with Crippen LogP contribution in [0.25, 0.3) is 55.6 Å².